The lowest BCUT2D eigenvalue weighted by molar-refractivity contribution is 0.0689. The van der Waals surface area contributed by atoms with Gasteiger partial charge in [0.05, 0.1) is 5.69 Å². The van der Waals surface area contributed by atoms with E-state index in [2.05, 4.69) is 43.8 Å². The second-order valence-electron chi connectivity index (χ2n) is 7.38. The normalized spacial score (nSPS) is 11.8. The Morgan fingerprint density at radius 1 is 1.32 bits per heavy atom. The summed E-state index contributed by atoms with van der Waals surface area (Å²) in [5, 5.41) is 13.6. The van der Waals surface area contributed by atoms with Gasteiger partial charge in [-0.05, 0) is 43.2 Å². The minimum Gasteiger partial charge on any atom is -0.476 e. The molecule has 6 heteroatoms. The SMILES string of the molecule is CCc1cc(CCC(C)(C)C)ncc1-c1c(Cl)c(C(=O)O)nn1CC. The van der Waals surface area contributed by atoms with Gasteiger partial charge in [-0.3, -0.25) is 9.67 Å². The number of carbonyl (C=O) groups is 1. The molecule has 136 valence electrons. The van der Waals surface area contributed by atoms with Gasteiger partial charge < -0.3 is 5.11 Å². The van der Waals surface area contributed by atoms with E-state index in [0.717, 1.165) is 36.1 Å². The number of carboxylic acids is 1. The number of nitrogens with zero attached hydrogens (tertiary/aromatic N) is 3. The predicted octanol–water partition coefficient (Wildman–Crippen LogP) is 4.86. The second kappa shape index (κ2) is 7.56. The Kier molecular flexibility index (Phi) is 5.88. The summed E-state index contributed by atoms with van der Waals surface area (Å²) in [6, 6.07) is 2.10. The second-order valence-corrected chi connectivity index (χ2v) is 7.76. The van der Waals surface area contributed by atoms with Crippen LogP contribution >= 0.6 is 11.6 Å². The molecule has 2 rings (SSSR count). The highest BCUT2D eigenvalue weighted by molar-refractivity contribution is 6.35. The highest BCUT2D eigenvalue weighted by Gasteiger charge is 2.23. The number of aryl methyl sites for hydroxylation is 3. The van der Waals surface area contributed by atoms with E-state index in [1.54, 1.807) is 10.9 Å². The van der Waals surface area contributed by atoms with Crippen LogP contribution in [-0.4, -0.2) is 25.8 Å². The fraction of sp³-hybridized carbons (Fsp3) is 0.526. The summed E-state index contributed by atoms with van der Waals surface area (Å²) in [6.07, 6.45) is 4.59. The molecular weight excluding hydrogens is 338 g/mol. The molecule has 2 aromatic rings. The van der Waals surface area contributed by atoms with E-state index in [0.29, 0.717) is 12.2 Å². The Morgan fingerprint density at radius 3 is 2.52 bits per heavy atom. The van der Waals surface area contributed by atoms with Crippen molar-refractivity contribution < 1.29 is 9.90 Å². The number of aromatic nitrogens is 3. The molecule has 0 bridgehead atoms. The van der Waals surface area contributed by atoms with Crippen molar-refractivity contribution in [2.75, 3.05) is 0 Å². The number of halogens is 1. The van der Waals surface area contributed by atoms with Crippen molar-refractivity contribution in [3.05, 3.63) is 34.2 Å². The lowest BCUT2D eigenvalue weighted by atomic mass is 9.89. The van der Waals surface area contributed by atoms with Crippen LogP contribution < -0.4 is 0 Å². The summed E-state index contributed by atoms with van der Waals surface area (Å²) in [5.74, 6) is -1.12. The molecule has 0 aliphatic rings. The molecule has 0 aliphatic carbocycles. The summed E-state index contributed by atoms with van der Waals surface area (Å²) in [6.45, 7) is 11.2. The Bertz CT molecular complexity index is 776. The van der Waals surface area contributed by atoms with Crippen LogP contribution in [0, 0.1) is 5.41 Å². The predicted molar refractivity (Wildman–Crippen MR) is 100 cm³/mol. The Hall–Kier alpha value is -1.88. The average molecular weight is 364 g/mol. The van der Waals surface area contributed by atoms with Crippen LogP contribution in [0.25, 0.3) is 11.3 Å². The monoisotopic (exact) mass is 363 g/mol. The van der Waals surface area contributed by atoms with Gasteiger partial charge in [0.15, 0.2) is 5.69 Å². The molecule has 0 saturated heterocycles. The van der Waals surface area contributed by atoms with Crippen LogP contribution in [0.4, 0.5) is 0 Å². The third-order valence-corrected chi connectivity index (χ3v) is 4.57. The molecule has 0 radical (unpaired) electrons. The maximum absolute atomic E-state index is 11.3. The van der Waals surface area contributed by atoms with Crippen LogP contribution in [0.1, 0.15) is 62.8 Å². The van der Waals surface area contributed by atoms with Gasteiger partial charge in [0.2, 0.25) is 0 Å². The Labute approximate surface area is 154 Å². The number of rotatable bonds is 6. The van der Waals surface area contributed by atoms with Crippen molar-refractivity contribution in [2.45, 2.75) is 60.4 Å². The van der Waals surface area contributed by atoms with Crippen molar-refractivity contribution in [1.82, 2.24) is 14.8 Å². The molecule has 2 aromatic heterocycles. The minimum absolute atomic E-state index is 0.114. The van der Waals surface area contributed by atoms with Gasteiger partial charge in [0, 0.05) is 24.0 Å². The number of hydrogen-bond donors (Lipinski definition) is 1. The lowest BCUT2D eigenvalue weighted by Crippen LogP contribution is -2.08. The zero-order chi connectivity index (χ0) is 18.8. The molecule has 2 heterocycles. The zero-order valence-electron chi connectivity index (χ0n) is 15.6. The highest BCUT2D eigenvalue weighted by Crippen LogP contribution is 2.34. The molecule has 25 heavy (non-hydrogen) atoms. The minimum atomic E-state index is -1.12. The van der Waals surface area contributed by atoms with E-state index >= 15 is 0 Å². The van der Waals surface area contributed by atoms with Crippen LogP contribution in [0.3, 0.4) is 0 Å². The van der Waals surface area contributed by atoms with Gasteiger partial charge in [0.1, 0.15) is 5.02 Å². The maximum atomic E-state index is 11.3. The van der Waals surface area contributed by atoms with Crippen LogP contribution in [-0.2, 0) is 19.4 Å². The summed E-state index contributed by atoms with van der Waals surface area (Å²) >= 11 is 6.34. The number of aromatic carboxylic acids is 1. The van der Waals surface area contributed by atoms with Crippen LogP contribution in [0.2, 0.25) is 5.02 Å². The van der Waals surface area contributed by atoms with Gasteiger partial charge >= 0.3 is 5.97 Å². The first kappa shape index (κ1) is 19.4. The van der Waals surface area contributed by atoms with E-state index in [9.17, 15) is 9.90 Å². The molecular formula is C19H26ClN3O2. The van der Waals surface area contributed by atoms with Crippen molar-refractivity contribution in [3.8, 4) is 11.3 Å². The Morgan fingerprint density at radius 2 is 2.00 bits per heavy atom. The summed E-state index contributed by atoms with van der Waals surface area (Å²) in [7, 11) is 0. The maximum Gasteiger partial charge on any atom is 0.358 e. The first-order chi connectivity index (χ1) is 11.7. The van der Waals surface area contributed by atoms with Crippen LogP contribution in [0.15, 0.2) is 12.3 Å². The molecule has 0 amide bonds. The molecule has 1 N–H and O–H groups in total. The quantitative estimate of drug-likeness (QED) is 0.795. The molecule has 0 spiro atoms. The molecule has 5 nitrogen and oxygen atoms in total. The van der Waals surface area contributed by atoms with Gasteiger partial charge in [-0.25, -0.2) is 4.79 Å². The van der Waals surface area contributed by atoms with Gasteiger partial charge in [-0.1, -0.05) is 39.3 Å². The van der Waals surface area contributed by atoms with E-state index in [4.69, 9.17) is 11.6 Å². The average Bonchev–Trinajstić information content (AvgIpc) is 2.88. The third-order valence-electron chi connectivity index (χ3n) is 4.21. The van der Waals surface area contributed by atoms with E-state index in [1.807, 2.05) is 6.92 Å². The van der Waals surface area contributed by atoms with E-state index in [-0.39, 0.29) is 16.1 Å². The summed E-state index contributed by atoms with van der Waals surface area (Å²) < 4.78 is 1.64. The van der Waals surface area contributed by atoms with Gasteiger partial charge in [0.25, 0.3) is 0 Å². The van der Waals surface area contributed by atoms with Crippen molar-refractivity contribution >= 4 is 17.6 Å². The first-order valence-corrected chi connectivity index (χ1v) is 9.03. The van der Waals surface area contributed by atoms with Crippen LogP contribution in [0.5, 0.6) is 0 Å². The number of carboxylic acid groups (broad SMARTS) is 1. The lowest BCUT2D eigenvalue weighted by Gasteiger charge is -2.18. The molecule has 0 unspecified atom stereocenters. The molecule has 0 atom stereocenters. The van der Waals surface area contributed by atoms with Crippen molar-refractivity contribution in [1.29, 1.82) is 0 Å². The zero-order valence-corrected chi connectivity index (χ0v) is 16.3. The van der Waals surface area contributed by atoms with E-state index in [1.165, 1.54) is 0 Å². The highest BCUT2D eigenvalue weighted by atomic mass is 35.5. The molecule has 0 saturated carbocycles. The Balaban J connectivity index is 2.48. The number of hydrogen-bond acceptors (Lipinski definition) is 3. The summed E-state index contributed by atoms with van der Waals surface area (Å²) in [4.78, 5) is 15.9. The van der Waals surface area contributed by atoms with Crippen molar-refractivity contribution in [3.63, 3.8) is 0 Å². The van der Waals surface area contributed by atoms with Gasteiger partial charge in [-0.15, -0.1) is 0 Å². The summed E-state index contributed by atoms with van der Waals surface area (Å²) in [5.41, 5.74) is 3.78. The molecule has 0 aliphatic heterocycles. The molecule has 0 fully saturated rings. The largest absolute Gasteiger partial charge is 0.476 e. The number of pyridine rings is 1. The smallest absolute Gasteiger partial charge is 0.358 e. The topological polar surface area (TPSA) is 68.0 Å². The third kappa shape index (κ3) is 4.40. The fourth-order valence-electron chi connectivity index (χ4n) is 2.75. The first-order valence-electron chi connectivity index (χ1n) is 8.65. The van der Waals surface area contributed by atoms with Crippen molar-refractivity contribution in [2.24, 2.45) is 5.41 Å². The van der Waals surface area contributed by atoms with E-state index < -0.39 is 5.97 Å². The fourth-order valence-corrected chi connectivity index (χ4v) is 3.07. The van der Waals surface area contributed by atoms with Gasteiger partial charge in [-0.2, -0.15) is 5.10 Å². The molecule has 0 aromatic carbocycles. The standard InChI is InChI=1S/C19H26ClN3O2/c1-6-12-10-13(8-9-19(3,4)5)21-11-14(12)17-15(20)16(18(24)25)22-23(17)7-2/h10-11H,6-9H2,1-5H3,(H,24,25).